The Kier molecular flexibility index (Phi) is 4.53. The molecule has 0 unspecified atom stereocenters. The highest BCUT2D eigenvalue weighted by Gasteiger charge is 2.54. The lowest BCUT2D eigenvalue weighted by atomic mass is 9.53. The third-order valence-electron chi connectivity index (χ3n) is 4.59. The summed E-state index contributed by atoms with van der Waals surface area (Å²) in [5.41, 5.74) is -0.195. The second-order valence-corrected chi connectivity index (χ2v) is 8.83. The quantitative estimate of drug-likeness (QED) is 0.793. The zero-order valence-corrected chi connectivity index (χ0v) is 15.8. The van der Waals surface area contributed by atoms with Gasteiger partial charge in [0.1, 0.15) is 17.2 Å². The Morgan fingerprint density at radius 2 is 1.96 bits per heavy atom. The van der Waals surface area contributed by atoms with Crippen molar-refractivity contribution in [1.82, 2.24) is 5.32 Å². The van der Waals surface area contributed by atoms with Crippen molar-refractivity contribution in [3.63, 3.8) is 0 Å². The summed E-state index contributed by atoms with van der Waals surface area (Å²) < 4.78 is 25.0. The number of benzene rings is 1. The van der Waals surface area contributed by atoms with Gasteiger partial charge in [-0.1, -0.05) is 0 Å². The van der Waals surface area contributed by atoms with Gasteiger partial charge in [-0.05, 0) is 79.9 Å². The van der Waals surface area contributed by atoms with Crippen molar-refractivity contribution < 1.29 is 18.7 Å². The van der Waals surface area contributed by atoms with Gasteiger partial charge < -0.3 is 14.8 Å². The lowest BCUT2D eigenvalue weighted by molar-refractivity contribution is -0.0854. The van der Waals surface area contributed by atoms with Gasteiger partial charge in [-0.3, -0.25) is 0 Å². The van der Waals surface area contributed by atoms with Crippen molar-refractivity contribution in [3.05, 3.63) is 28.5 Å². The summed E-state index contributed by atoms with van der Waals surface area (Å²) >= 11 is 3.13. The Labute approximate surface area is 150 Å². The van der Waals surface area contributed by atoms with Gasteiger partial charge in [0.05, 0.1) is 10.6 Å². The van der Waals surface area contributed by atoms with Gasteiger partial charge in [-0.25, -0.2) is 9.18 Å². The average molecular weight is 400 g/mol. The molecule has 0 aromatic heterocycles. The van der Waals surface area contributed by atoms with E-state index in [1.807, 2.05) is 20.8 Å². The summed E-state index contributed by atoms with van der Waals surface area (Å²) in [5.74, 6) is 0.255. The van der Waals surface area contributed by atoms with E-state index in [0.717, 1.165) is 25.7 Å². The van der Waals surface area contributed by atoms with Gasteiger partial charge >= 0.3 is 6.09 Å². The maximum Gasteiger partial charge on any atom is 0.407 e. The molecule has 6 heteroatoms. The minimum Gasteiger partial charge on any atom is -0.490 e. The first-order chi connectivity index (χ1) is 11.1. The number of hydrogen-bond acceptors (Lipinski definition) is 3. The molecule has 4 nitrogen and oxygen atoms in total. The summed E-state index contributed by atoms with van der Waals surface area (Å²) in [4.78, 5) is 11.7. The van der Waals surface area contributed by atoms with Gasteiger partial charge in [-0.2, -0.15) is 0 Å². The topological polar surface area (TPSA) is 47.6 Å². The summed E-state index contributed by atoms with van der Waals surface area (Å²) in [6.45, 7) is 5.56. The number of halogens is 2. The fraction of sp³-hybridized carbons (Fsp3) is 0.611. The van der Waals surface area contributed by atoms with Gasteiger partial charge in [-0.15, -0.1) is 0 Å². The van der Waals surface area contributed by atoms with Crippen LogP contribution in [0.1, 0.15) is 46.5 Å². The molecule has 1 aromatic carbocycles. The Hall–Kier alpha value is -1.30. The molecule has 1 aromatic rings. The van der Waals surface area contributed by atoms with Gasteiger partial charge in [0.15, 0.2) is 0 Å². The van der Waals surface area contributed by atoms with Gasteiger partial charge in [0, 0.05) is 12.1 Å². The van der Waals surface area contributed by atoms with Crippen LogP contribution in [0.5, 0.6) is 5.75 Å². The van der Waals surface area contributed by atoms with Crippen LogP contribution in [0.2, 0.25) is 0 Å². The summed E-state index contributed by atoms with van der Waals surface area (Å²) in [7, 11) is 0. The molecule has 0 radical (unpaired) electrons. The maximum atomic E-state index is 13.5. The molecule has 0 bridgehead atoms. The number of hydrogen-bond donors (Lipinski definition) is 1. The molecule has 24 heavy (non-hydrogen) atoms. The molecule has 1 N–H and O–H groups in total. The molecule has 1 spiro atoms. The van der Waals surface area contributed by atoms with E-state index in [-0.39, 0.29) is 29.5 Å². The SMILES string of the molecule is CC(C)(C)OC(=O)NC1CC2(C1)CC(Oc1ccc(Br)c(F)c1)C2. The molecule has 3 rings (SSSR count). The summed E-state index contributed by atoms with van der Waals surface area (Å²) in [6, 6.07) is 5.02. The number of alkyl carbamates (subject to hydrolysis) is 1. The van der Waals surface area contributed by atoms with Crippen LogP contribution in [0, 0.1) is 11.2 Å². The Morgan fingerprint density at radius 1 is 1.29 bits per heavy atom. The number of amides is 1. The minimum atomic E-state index is -0.471. The van der Waals surface area contributed by atoms with Gasteiger partial charge in [0.2, 0.25) is 0 Å². The predicted molar refractivity (Wildman–Crippen MR) is 92.6 cm³/mol. The zero-order chi connectivity index (χ0) is 17.5. The van der Waals surface area contributed by atoms with Crippen LogP contribution < -0.4 is 10.1 Å². The number of rotatable bonds is 3. The second kappa shape index (κ2) is 6.21. The molecule has 0 aliphatic heterocycles. The van der Waals surface area contributed by atoms with Crippen LogP contribution in [0.3, 0.4) is 0 Å². The van der Waals surface area contributed by atoms with Crippen molar-refractivity contribution >= 4 is 22.0 Å². The van der Waals surface area contributed by atoms with Gasteiger partial charge in [0.25, 0.3) is 0 Å². The third kappa shape index (κ3) is 4.02. The first kappa shape index (κ1) is 17.5. The first-order valence-corrected chi connectivity index (χ1v) is 9.05. The molecular formula is C18H23BrFNO3. The lowest BCUT2D eigenvalue weighted by Crippen LogP contribution is -2.59. The molecule has 2 aliphatic rings. The predicted octanol–water partition coefficient (Wildman–Crippen LogP) is 4.80. The second-order valence-electron chi connectivity index (χ2n) is 7.98. The van der Waals surface area contributed by atoms with Crippen molar-refractivity contribution in [2.24, 2.45) is 5.41 Å². The average Bonchev–Trinajstić information content (AvgIpc) is 2.35. The van der Waals surface area contributed by atoms with Crippen LogP contribution in [0.4, 0.5) is 9.18 Å². The highest BCUT2D eigenvalue weighted by molar-refractivity contribution is 9.10. The zero-order valence-electron chi connectivity index (χ0n) is 14.2. The Balaban J connectivity index is 1.40. The van der Waals surface area contributed by atoms with Crippen molar-refractivity contribution in [1.29, 1.82) is 0 Å². The molecule has 2 aliphatic carbocycles. The van der Waals surface area contributed by atoms with E-state index in [4.69, 9.17) is 9.47 Å². The smallest absolute Gasteiger partial charge is 0.407 e. The largest absolute Gasteiger partial charge is 0.490 e. The van der Waals surface area contributed by atoms with E-state index >= 15 is 0 Å². The van der Waals surface area contributed by atoms with Crippen LogP contribution >= 0.6 is 15.9 Å². The summed E-state index contributed by atoms with van der Waals surface area (Å²) in [6.07, 6.45) is 3.61. The van der Waals surface area contributed by atoms with E-state index in [2.05, 4.69) is 21.2 Å². The summed E-state index contributed by atoms with van der Waals surface area (Å²) in [5, 5.41) is 2.92. The van der Waals surface area contributed by atoms with Crippen LogP contribution in [-0.2, 0) is 4.74 Å². The minimum absolute atomic E-state index is 0.132. The number of nitrogens with one attached hydrogen (secondary N) is 1. The van der Waals surface area contributed by atoms with Crippen molar-refractivity contribution in [2.75, 3.05) is 0 Å². The van der Waals surface area contributed by atoms with Crippen LogP contribution in [0.15, 0.2) is 22.7 Å². The van der Waals surface area contributed by atoms with Crippen LogP contribution in [-0.4, -0.2) is 23.8 Å². The van der Waals surface area contributed by atoms with E-state index in [1.165, 1.54) is 6.07 Å². The Bertz CT molecular complexity index is 630. The highest BCUT2D eigenvalue weighted by atomic mass is 79.9. The maximum absolute atomic E-state index is 13.5. The van der Waals surface area contributed by atoms with E-state index < -0.39 is 5.60 Å². The van der Waals surface area contributed by atoms with Crippen LogP contribution in [0.25, 0.3) is 0 Å². The fourth-order valence-corrected chi connectivity index (χ4v) is 3.87. The number of ether oxygens (including phenoxy) is 2. The molecule has 0 atom stereocenters. The van der Waals surface area contributed by atoms with Crippen molar-refractivity contribution in [3.8, 4) is 5.75 Å². The van der Waals surface area contributed by atoms with E-state index in [1.54, 1.807) is 12.1 Å². The molecule has 0 saturated heterocycles. The van der Waals surface area contributed by atoms with E-state index in [0.29, 0.717) is 10.2 Å². The molecular weight excluding hydrogens is 377 g/mol. The number of carbonyl (C=O) groups excluding carboxylic acids is 1. The normalized spacial score (nSPS) is 28.7. The monoisotopic (exact) mass is 399 g/mol. The molecule has 1 amide bonds. The van der Waals surface area contributed by atoms with Crippen molar-refractivity contribution in [2.45, 2.75) is 64.2 Å². The molecule has 2 saturated carbocycles. The lowest BCUT2D eigenvalue weighted by Gasteiger charge is -2.57. The van der Waals surface area contributed by atoms with E-state index in [9.17, 15) is 9.18 Å². The highest BCUT2D eigenvalue weighted by Crippen LogP contribution is 2.56. The third-order valence-corrected chi connectivity index (χ3v) is 5.24. The molecule has 2 fully saturated rings. The standard InChI is InChI=1S/C18H23BrFNO3/c1-17(2,3)24-16(22)21-11-7-18(8-11)9-13(10-18)23-12-4-5-14(19)15(20)6-12/h4-6,11,13H,7-10H2,1-3H3,(H,21,22). The first-order valence-electron chi connectivity index (χ1n) is 8.25. The molecule has 132 valence electrons. The molecule has 0 heterocycles. The Morgan fingerprint density at radius 3 is 2.54 bits per heavy atom. The number of carbonyl (C=O) groups is 1. The fourth-order valence-electron chi connectivity index (χ4n) is 3.63.